The molecule has 0 aliphatic carbocycles. The maximum atomic E-state index is 13.0. The smallest absolute Gasteiger partial charge is 0.264 e. The van der Waals surface area contributed by atoms with Gasteiger partial charge in [0.2, 0.25) is 0 Å². The van der Waals surface area contributed by atoms with Crippen LogP contribution in [0.4, 0.5) is 11.4 Å². The number of methoxy groups -OCH3 is 2. The lowest BCUT2D eigenvalue weighted by Crippen LogP contribution is -2.30. The number of rotatable bonds is 8. The van der Waals surface area contributed by atoms with E-state index in [1.165, 1.54) is 20.3 Å². The molecule has 0 aromatic heterocycles. The third-order valence-electron chi connectivity index (χ3n) is 3.62. The van der Waals surface area contributed by atoms with Crippen LogP contribution in [0.1, 0.15) is 6.92 Å². The summed E-state index contributed by atoms with van der Waals surface area (Å²) in [7, 11) is -0.904. The van der Waals surface area contributed by atoms with Crippen LogP contribution in [-0.2, 0) is 10.0 Å². The van der Waals surface area contributed by atoms with E-state index < -0.39 is 10.0 Å². The monoisotopic (exact) mass is 421 g/mol. The molecule has 0 heterocycles. The Kier molecular flexibility index (Phi) is 7.24. The largest absolute Gasteiger partial charge is 0.497 e. The van der Waals surface area contributed by atoms with Gasteiger partial charge in [-0.15, -0.1) is 0 Å². The Hall–Kier alpha value is -2.78. The van der Waals surface area contributed by atoms with E-state index in [2.05, 4.69) is 21.9 Å². The molecule has 7 nitrogen and oxygen atoms in total. The highest BCUT2D eigenvalue weighted by Gasteiger charge is 2.21. The van der Waals surface area contributed by atoms with Crippen molar-refractivity contribution in [3.8, 4) is 11.5 Å². The maximum Gasteiger partial charge on any atom is 0.264 e. The first-order valence-electron chi connectivity index (χ1n) is 8.29. The summed E-state index contributed by atoms with van der Waals surface area (Å²) >= 11 is 5.23. The minimum absolute atomic E-state index is 0.00198. The van der Waals surface area contributed by atoms with Gasteiger partial charge >= 0.3 is 0 Å². The van der Waals surface area contributed by atoms with Gasteiger partial charge in [0.25, 0.3) is 10.0 Å². The summed E-state index contributed by atoms with van der Waals surface area (Å²) in [6, 6.07) is 11.2. The molecule has 0 unspecified atom stereocenters. The van der Waals surface area contributed by atoms with Crippen molar-refractivity contribution >= 4 is 38.7 Å². The second-order valence-corrected chi connectivity index (χ2v) is 8.02. The lowest BCUT2D eigenvalue weighted by molar-refractivity contribution is 0.413. The molecule has 2 aromatic rings. The molecule has 0 fully saturated rings. The molecule has 0 aliphatic heterocycles. The Bertz CT molecular complexity index is 958. The molecule has 0 bridgehead atoms. The van der Waals surface area contributed by atoms with E-state index in [1.54, 1.807) is 36.4 Å². The molecule has 0 amide bonds. The molecule has 0 saturated heterocycles. The summed E-state index contributed by atoms with van der Waals surface area (Å²) in [6.07, 6.45) is 0. The molecule has 2 rings (SSSR count). The molecule has 0 spiro atoms. The Balaban J connectivity index is 2.31. The van der Waals surface area contributed by atoms with Crippen molar-refractivity contribution in [3.05, 3.63) is 54.6 Å². The van der Waals surface area contributed by atoms with Crippen LogP contribution in [-0.4, -0.2) is 34.3 Å². The van der Waals surface area contributed by atoms with Gasteiger partial charge < -0.3 is 20.1 Å². The van der Waals surface area contributed by atoms with Crippen LogP contribution < -0.4 is 24.8 Å². The molecule has 3 N–H and O–H groups in total. The number of nitrogens with one attached hydrogen (secondary N) is 3. The number of anilines is 2. The van der Waals surface area contributed by atoms with Crippen LogP contribution in [0.15, 0.2) is 59.5 Å². The minimum atomic E-state index is -3.91. The SMILES string of the molecule is C=C(C)CNC(=S)Nc1ccc(OC)cc1S(=O)(=O)Nc1ccc(OC)cc1. The zero-order valence-corrected chi connectivity index (χ0v) is 17.5. The van der Waals surface area contributed by atoms with Gasteiger partial charge in [0.05, 0.1) is 19.9 Å². The lowest BCUT2D eigenvalue weighted by Gasteiger charge is -2.16. The van der Waals surface area contributed by atoms with Crippen molar-refractivity contribution in [2.75, 3.05) is 30.8 Å². The molecular formula is C19H23N3O4S2. The summed E-state index contributed by atoms with van der Waals surface area (Å²) in [5.41, 5.74) is 1.62. The van der Waals surface area contributed by atoms with Gasteiger partial charge in [-0.25, -0.2) is 8.42 Å². The van der Waals surface area contributed by atoms with Crippen molar-refractivity contribution in [3.63, 3.8) is 0 Å². The first-order chi connectivity index (χ1) is 13.2. The summed E-state index contributed by atoms with van der Waals surface area (Å²) in [4.78, 5) is 0.00198. The second kappa shape index (κ2) is 9.43. The average Bonchev–Trinajstić information content (AvgIpc) is 2.67. The zero-order valence-electron chi connectivity index (χ0n) is 15.9. The fourth-order valence-corrected chi connectivity index (χ4v) is 3.64. The summed E-state index contributed by atoms with van der Waals surface area (Å²) in [6.45, 7) is 6.13. The summed E-state index contributed by atoms with van der Waals surface area (Å²) < 4.78 is 38.8. The highest BCUT2D eigenvalue weighted by Crippen LogP contribution is 2.28. The Morgan fingerprint density at radius 2 is 1.68 bits per heavy atom. The van der Waals surface area contributed by atoms with Gasteiger partial charge in [0.1, 0.15) is 16.4 Å². The minimum Gasteiger partial charge on any atom is -0.497 e. The molecule has 0 radical (unpaired) electrons. The number of hydrogen-bond donors (Lipinski definition) is 3. The fourth-order valence-electron chi connectivity index (χ4n) is 2.22. The second-order valence-electron chi connectivity index (χ2n) is 5.96. The van der Waals surface area contributed by atoms with Crippen molar-refractivity contribution in [1.82, 2.24) is 5.32 Å². The van der Waals surface area contributed by atoms with Crippen LogP contribution >= 0.6 is 12.2 Å². The van der Waals surface area contributed by atoms with Crippen molar-refractivity contribution in [1.29, 1.82) is 0 Å². The van der Waals surface area contributed by atoms with E-state index in [-0.39, 0.29) is 10.0 Å². The van der Waals surface area contributed by atoms with Crippen LogP contribution in [0.3, 0.4) is 0 Å². The average molecular weight is 422 g/mol. The summed E-state index contributed by atoms with van der Waals surface area (Å²) in [5.74, 6) is 1.03. The first-order valence-corrected chi connectivity index (χ1v) is 10.2. The standard InChI is InChI=1S/C19H23N3O4S2/c1-13(2)12-20-19(27)21-17-10-9-16(26-4)11-18(17)28(23,24)22-14-5-7-15(25-3)8-6-14/h5-11,22H,1,12H2,2-4H3,(H2,20,21,27). The number of thiocarbonyl (C=S) groups is 1. The number of ether oxygens (including phenoxy) is 2. The normalized spacial score (nSPS) is 10.7. The zero-order chi connectivity index (χ0) is 20.7. The van der Waals surface area contributed by atoms with Crippen molar-refractivity contribution < 1.29 is 17.9 Å². The molecule has 0 atom stereocenters. The van der Waals surface area contributed by atoms with Crippen LogP contribution in [0.2, 0.25) is 0 Å². The van der Waals surface area contributed by atoms with E-state index in [0.717, 1.165) is 5.57 Å². The summed E-state index contributed by atoms with van der Waals surface area (Å²) in [5, 5.41) is 6.16. The van der Waals surface area contributed by atoms with E-state index in [0.29, 0.717) is 29.4 Å². The Morgan fingerprint density at radius 3 is 2.25 bits per heavy atom. The third kappa shape index (κ3) is 5.86. The molecule has 150 valence electrons. The molecule has 9 heteroatoms. The van der Waals surface area contributed by atoms with Gasteiger partial charge in [-0.1, -0.05) is 12.2 Å². The van der Waals surface area contributed by atoms with E-state index >= 15 is 0 Å². The number of hydrogen-bond acceptors (Lipinski definition) is 5. The fraction of sp³-hybridized carbons (Fsp3) is 0.211. The predicted octanol–water partition coefficient (Wildman–Crippen LogP) is 3.37. The number of sulfonamides is 1. The van der Waals surface area contributed by atoms with Crippen molar-refractivity contribution in [2.24, 2.45) is 0 Å². The lowest BCUT2D eigenvalue weighted by atomic mass is 10.3. The molecule has 28 heavy (non-hydrogen) atoms. The predicted molar refractivity (Wildman–Crippen MR) is 116 cm³/mol. The Morgan fingerprint density at radius 1 is 1.07 bits per heavy atom. The highest BCUT2D eigenvalue weighted by atomic mass is 32.2. The molecule has 0 aliphatic rings. The van der Waals surface area contributed by atoms with E-state index in [4.69, 9.17) is 21.7 Å². The van der Waals surface area contributed by atoms with Gasteiger partial charge in [-0.3, -0.25) is 4.72 Å². The van der Waals surface area contributed by atoms with Crippen LogP contribution in [0.25, 0.3) is 0 Å². The van der Waals surface area contributed by atoms with E-state index in [9.17, 15) is 8.42 Å². The van der Waals surface area contributed by atoms with E-state index in [1.807, 2.05) is 6.92 Å². The van der Waals surface area contributed by atoms with Gasteiger partial charge in [0.15, 0.2) is 5.11 Å². The third-order valence-corrected chi connectivity index (χ3v) is 5.29. The molecule has 2 aromatic carbocycles. The quantitative estimate of drug-likeness (QED) is 0.445. The van der Waals surface area contributed by atoms with Gasteiger partial charge in [0, 0.05) is 18.3 Å². The topological polar surface area (TPSA) is 88.7 Å². The molecular weight excluding hydrogens is 398 g/mol. The van der Waals surface area contributed by atoms with Crippen LogP contribution in [0, 0.1) is 0 Å². The maximum absolute atomic E-state index is 13.0. The Labute approximate surface area is 170 Å². The van der Waals surface area contributed by atoms with Gasteiger partial charge in [-0.05, 0) is 55.5 Å². The number of benzene rings is 2. The van der Waals surface area contributed by atoms with Crippen LogP contribution in [0.5, 0.6) is 11.5 Å². The first kappa shape index (κ1) is 21.5. The van der Waals surface area contributed by atoms with Gasteiger partial charge in [-0.2, -0.15) is 0 Å². The van der Waals surface area contributed by atoms with Crippen molar-refractivity contribution in [2.45, 2.75) is 11.8 Å². The highest BCUT2D eigenvalue weighted by molar-refractivity contribution is 7.93. The molecule has 0 saturated carbocycles.